The van der Waals surface area contributed by atoms with Crippen LogP contribution < -0.4 is 11.3 Å². The molecule has 3 aliphatic rings. The number of hydrogen-bond donors (Lipinski definition) is 2. The first-order valence-electron chi connectivity index (χ1n) is 8.54. The van der Waals surface area contributed by atoms with Crippen molar-refractivity contribution in [3.05, 3.63) is 35.4 Å². The van der Waals surface area contributed by atoms with E-state index in [2.05, 4.69) is 29.7 Å². The van der Waals surface area contributed by atoms with Crippen molar-refractivity contribution in [3.63, 3.8) is 0 Å². The van der Waals surface area contributed by atoms with Gasteiger partial charge in [-0.3, -0.25) is 11.3 Å². The minimum absolute atomic E-state index is 0.399. The van der Waals surface area contributed by atoms with Crippen LogP contribution in [0.2, 0.25) is 0 Å². The molecule has 0 radical (unpaired) electrons. The molecule has 4 rings (SSSR count). The van der Waals surface area contributed by atoms with Gasteiger partial charge in [-0.15, -0.1) is 0 Å². The van der Waals surface area contributed by atoms with Crippen LogP contribution in [0.15, 0.2) is 24.3 Å². The van der Waals surface area contributed by atoms with Gasteiger partial charge in [0.15, 0.2) is 0 Å². The van der Waals surface area contributed by atoms with Gasteiger partial charge in [0.25, 0.3) is 0 Å². The quantitative estimate of drug-likeness (QED) is 0.661. The maximum Gasteiger partial charge on any atom is 0.0624 e. The number of hydrazine groups is 1. The lowest BCUT2D eigenvalue weighted by molar-refractivity contribution is 0.0841. The molecule has 1 aromatic carbocycles. The molecule has 2 heterocycles. The van der Waals surface area contributed by atoms with E-state index in [-0.39, 0.29) is 0 Å². The second kappa shape index (κ2) is 5.71. The van der Waals surface area contributed by atoms with E-state index in [4.69, 9.17) is 10.6 Å². The van der Waals surface area contributed by atoms with Crippen molar-refractivity contribution in [2.75, 3.05) is 0 Å². The van der Waals surface area contributed by atoms with Gasteiger partial charge in [0.05, 0.1) is 12.2 Å². The fraction of sp³-hybridized carbons (Fsp3) is 0.667. The lowest BCUT2D eigenvalue weighted by atomic mass is 9.75. The number of ether oxygens (including phenoxy) is 1. The summed E-state index contributed by atoms with van der Waals surface area (Å²) in [6.45, 7) is 0. The molecule has 1 aromatic rings. The van der Waals surface area contributed by atoms with Crippen molar-refractivity contribution in [1.82, 2.24) is 5.43 Å². The molecule has 2 saturated heterocycles. The predicted molar refractivity (Wildman–Crippen MR) is 83.9 cm³/mol. The van der Waals surface area contributed by atoms with Crippen molar-refractivity contribution in [3.8, 4) is 0 Å². The molecule has 3 heteroatoms. The largest absolute Gasteiger partial charge is 0.375 e. The average Bonchev–Trinajstić information content (AvgIpc) is 3.15. The molecule has 3 nitrogen and oxygen atoms in total. The molecule has 1 aliphatic carbocycles. The highest BCUT2D eigenvalue weighted by Crippen LogP contribution is 2.43. The Kier molecular flexibility index (Phi) is 3.74. The van der Waals surface area contributed by atoms with Crippen LogP contribution in [0.1, 0.15) is 55.6 Å². The lowest BCUT2D eigenvalue weighted by Crippen LogP contribution is -2.45. The topological polar surface area (TPSA) is 47.3 Å². The fourth-order valence-electron chi connectivity index (χ4n) is 4.87. The van der Waals surface area contributed by atoms with E-state index in [1.165, 1.54) is 38.5 Å². The SMILES string of the molecule is NNC(CC1CCCc2ccccc21)C1CC2CCC1O2. The number of hydrogen-bond acceptors (Lipinski definition) is 3. The van der Waals surface area contributed by atoms with E-state index in [1.807, 2.05) is 0 Å². The Hall–Kier alpha value is -0.900. The van der Waals surface area contributed by atoms with Crippen molar-refractivity contribution >= 4 is 0 Å². The molecule has 2 bridgehead atoms. The van der Waals surface area contributed by atoms with Crippen molar-refractivity contribution in [1.29, 1.82) is 0 Å². The molecule has 3 N–H and O–H groups in total. The molecule has 0 spiro atoms. The average molecular weight is 286 g/mol. The van der Waals surface area contributed by atoms with E-state index in [0.29, 0.717) is 30.1 Å². The highest BCUT2D eigenvalue weighted by molar-refractivity contribution is 5.32. The minimum atomic E-state index is 0.399. The van der Waals surface area contributed by atoms with Crippen LogP contribution in [0.3, 0.4) is 0 Å². The third-order valence-electron chi connectivity index (χ3n) is 5.92. The number of benzene rings is 1. The Morgan fingerprint density at radius 1 is 1.24 bits per heavy atom. The van der Waals surface area contributed by atoms with E-state index in [9.17, 15) is 0 Å². The second-order valence-corrected chi connectivity index (χ2v) is 7.07. The summed E-state index contributed by atoms with van der Waals surface area (Å²) in [7, 11) is 0. The summed E-state index contributed by atoms with van der Waals surface area (Å²) in [4.78, 5) is 0. The summed E-state index contributed by atoms with van der Waals surface area (Å²) in [5, 5.41) is 0. The first-order chi connectivity index (χ1) is 10.3. The molecule has 5 atom stereocenters. The molecule has 0 amide bonds. The van der Waals surface area contributed by atoms with Gasteiger partial charge in [-0.2, -0.15) is 0 Å². The first kappa shape index (κ1) is 13.7. The van der Waals surface area contributed by atoms with E-state index in [0.717, 1.165) is 6.42 Å². The summed E-state index contributed by atoms with van der Waals surface area (Å²) in [5.41, 5.74) is 6.24. The summed E-state index contributed by atoms with van der Waals surface area (Å²) in [6.07, 6.45) is 9.66. The Morgan fingerprint density at radius 3 is 2.90 bits per heavy atom. The van der Waals surface area contributed by atoms with E-state index < -0.39 is 0 Å². The predicted octanol–water partition coefficient (Wildman–Crippen LogP) is 2.90. The van der Waals surface area contributed by atoms with Gasteiger partial charge in [-0.1, -0.05) is 24.3 Å². The van der Waals surface area contributed by atoms with Gasteiger partial charge in [-0.25, -0.2) is 0 Å². The van der Waals surface area contributed by atoms with Crippen LogP contribution in [0.5, 0.6) is 0 Å². The maximum absolute atomic E-state index is 6.03. The summed E-state index contributed by atoms with van der Waals surface area (Å²) in [6, 6.07) is 9.38. The molecule has 0 saturated carbocycles. The van der Waals surface area contributed by atoms with Crippen molar-refractivity contribution in [2.45, 2.75) is 69.1 Å². The third kappa shape index (κ3) is 2.52. The number of fused-ring (bicyclic) bond motifs is 3. The molecule has 114 valence electrons. The molecular formula is C18H26N2O. The number of nitrogens with two attached hydrogens (primary N) is 1. The van der Waals surface area contributed by atoms with E-state index in [1.54, 1.807) is 11.1 Å². The summed E-state index contributed by atoms with van der Waals surface area (Å²) < 4.78 is 6.03. The monoisotopic (exact) mass is 286 g/mol. The highest BCUT2D eigenvalue weighted by Gasteiger charge is 2.44. The Balaban J connectivity index is 1.50. The molecule has 5 unspecified atom stereocenters. The smallest absolute Gasteiger partial charge is 0.0624 e. The Morgan fingerprint density at radius 2 is 2.14 bits per heavy atom. The van der Waals surface area contributed by atoms with E-state index >= 15 is 0 Å². The van der Waals surface area contributed by atoms with Gasteiger partial charge < -0.3 is 4.74 Å². The zero-order valence-corrected chi connectivity index (χ0v) is 12.6. The van der Waals surface area contributed by atoms with Gasteiger partial charge in [0, 0.05) is 12.0 Å². The third-order valence-corrected chi connectivity index (χ3v) is 5.92. The molecule has 0 aromatic heterocycles. The van der Waals surface area contributed by atoms with Crippen LogP contribution in [0.4, 0.5) is 0 Å². The molecular weight excluding hydrogens is 260 g/mol. The number of aryl methyl sites for hydroxylation is 1. The molecule has 2 aliphatic heterocycles. The number of nitrogens with one attached hydrogen (secondary N) is 1. The normalized spacial score (nSPS) is 35.7. The van der Waals surface area contributed by atoms with Gasteiger partial charge in [0.1, 0.15) is 0 Å². The van der Waals surface area contributed by atoms with Crippen LogP contribution in [-0.2, 0) is 11.2 Å². The Labute approximate surface area is 127 Å². The minimum Gasteiger partial charge on any atom is -0.375 e. The standard InChI is InChI=1S/C18H26N2O/c19-20-17(16-11-14-8-9-18(16)21-14)10-13-6-3-5-12-4-1-2-7-15(12)13/h1-2,4,7,13-14,16-18,20H,3,5-6,8-11,19H2. The molecule has 21 heavy (non-hydrogen) atoms. The highest BCUT2D eigenvalue weighted by atomic mass is 16.5. The first-order valence-corrected chi connectivity index (χ1v) is 8.54. The van der Waals surface area contributed by atoms with Crippen molar-refractivity contribution in [2.24, 2.45) is 11.8 Å². The van der Waals surface area contributed by atoms with Crippen LogP contribution >= 0.6 is 0 Å². The van der Waals surface area contributed by atoms with Gasteiger partial charge in [-0.05, 0) is 62.0 Å². The summed E-state index contributed by atoms with van der Waals surface area (Å²) >= 11 is 0. The lowest BCUT2D eigenvalue weighted by Gasteiger charge is -2.33. The number of rotatable bonds is 4. The van der Waals surface area contributed by atoms with Gasteiger partial charge in [0.2, 0.25) is 0 Å². The van der Waals surface area contributed by atoms with Gasteiger partial charge >= 0.3 is 0 Å². The van der Waals surface area contributed by atoms with Crippen LogP contribution in [-0.4, -0.2) is 18.2 Å². The Bertz CT molecular complexity index is 504. The maximum atomic E-state index is 6.03. The van der Waals surface area contributed by atoms with Crippen molar-refractivity contribution < 1.29 is 4.74 Å². The second-order valence-electron chi connectivity index (χ2n) is 7.07. The molecule has 2 fully saturated rings. The zero-order valence-electron chi connectivity index (χ0n) is 12.6. The summed E-state index contributed by atoms with van der Waals surface area (Å²) in [5.74, 6) is 7.19. The van der Waals surface area contributed by atoms with Crippen LogP contribution in [0, 0.1) is 5.92 Å². The zero-order chi connectivity index (χ0) is 14.2. The fourth-order valence-corrected chi connectivity index (χ4v) is 4.87. The van der Waals surface area contributed by atoms with Crippen LogP contribution in [0.25, 0.3) is 0 Å².